The molecule has 0 bridgehead atoms. The maximum absolute atomic E-state index is 12.9. The maximum atomic E-state index is 12.9. The average molecular weight is 380 g/mol. The largest absolute Gasteiger partial charge is 0.468 e. The van der Waals surface area contributed by atoms with Crippen LogP contribution in [0.4, 0.5) is 4.79 Å². The number of hydrogen-bond acceptors (Lipinski definition) is 5. The number of esters is 1. The molecule has 2 rings (SSSR count). The van der Waals surface area contributed by atoms with Crippen LogP contribution in [0.2, 0.25) is 0 Å². The minimum absolute atomic E-state index is 0.411. The summed E-state index contributed by atoms with van der Waals surface area (Å²) in [4.78, 5) is 25.5. The maximum Gasteiger partial charge on any atom is 0.408 e. The van der Waals surface area contributed by atoms with Crippen molar-refractivity contribution in [1.82, 2.24) is 5.32 Å². The monoisotopic (exact) mass is 380 g/mol. The molecule has 2 atom stereocenters. The zero-order valence-electron chi connectivity index (χ0n) is 16.4. The molecular formula is C22H24N2O4. The summed E-state index contributed by atoms with van der Waals surface area (Å²) in [7, 11) is 1.22. The fourth-order valence-electron chi connectivity index (χ4n) is 2.95. The highest BCUT2D eigenvalue weighted by Gasteiger charge is 2.51. The van der Waals surface area contributed by atoms with Crippen molar-refractivity contribution in [2.75, 3.05) is 7.11 Å². The van der Waals surface area contributed by atoms with Gasteiger partial charge in [-0.3, -0.25) is 0 Å². The first-order valence-corrected chi connectivity index (χ1v) is 8.84. The van der Waals surface area contributed by atoms with Gasteiger partial charge in [0.2, 0.25) is 5.41 Å². The number of carbonyl (C=O) groups is 2. The molecule has 0 spiro atoms. The lowest BCUT2D eigenvalue weighted by atomic mass is 9.72. The summed E-state index contributed by atoms with van der Waals surface area (Å²) in [5.74, 6) is -0.772. The first kappa shape index (κ1) is 21.0. The van der Waals surface area contributed by atoms with E-state index < -0.39 is 29.1 Å². The van der Waals surface area contributed by atoms with Crippen LogP contribution < -0.4 is 5.32 Å². The molecule has 0 unspecified atom stereocenters. The molecule has 0 heterocycles. The summed E-state index contributed by atoms with van der Waals surface area (Å²) in [6, 6.07) is 18.4. The number of benzene rings is 2. The van der Waals surface area contributed by atoms with E-state index in [2.05, 4.69) is 11.4 Å². The highest BCUT2D eigenvalue weighted by molar-refractivity contribution is 5.89. The number of methoxy groups -OCH3 is 1. The molecule has 28 heavy (non-hydrogen) atoms. The third-order valence-electron chi connectivity index (χ3n) is 4.14. The van der Waals surface area contributed by atoms with Crippen molar-refractivity contribution >= 4 is 12.1 Å². The van der Waals surface area contributed by atoms with Gasteiger partial charge < -0.3 is 14.8 Å². The van der Waals surface area contributed by atoms with E-state index in [1.165, 1.54) is 7.11 Å². The Morgan fingerprint density at radius 2 is 1.54 bits per heavy atom. The number of nitrogens with one attached hydrogen (secondary N) is 1. The van der Waals surface area contributed by atoms with Crippen molar-refractivity contribution in [2.24, 2.45) is 0 Å². The molecule has 0 aliphatic heterocycles. The molecule has 0 saturated heterocycles. The molecule has 6 heteroatoms. The van der Waals surface area contributed by atoms with Crippen LogP contribution in [-0.2, 0) is 19.7 Å². The van der Waals surface area contributed by atoms with Crippen LogP contribution in [0.5, 0.6) is 0 Å². The summed E-state index contributed by atoms with van der Waals surface area (Å²) in [5.41, 5.74) is -1.55. The first-order chi connectivity index (χ1) is 13.2. The number of hydrogen-bond donors (Lipinski definition) is 1. The lowest BCUT2D eigenvalue weighted by Crippen LogP contribution is -2.50. The summed E-state index contributed by atoms with van der Waals surface area (Å²) in [5, 5.41) is 12.9. The average Bonchev–Trinajstić information content (AvgIpc) is 2.68. The molecular weight excluding hydrogens is 356 g/mol. The van der Waals surface area contributed by atoms with Gasteiger partial charge >= 0.3 is 12.1 Å². The Kier molecular flexibility index (Phi) is 6.42. The van der Waals surface area contributed by atoms with Gasteiger partial charge in [-0.2, -0.15) is 5.26 Å². The number of ether oxygens (including phenoxy) is 2. The van der Waals surface area contributed by atoms with E-state index in [1.807, 2.05) is 6.07 Å². The Morgan fingerprint density at radius 3 is 2.00 bits per heavy atom. The SMILES string of the molecule is COC(=O)[C@](C#N)(c1ccccc1)[C@@H](NC(=O)OC(C)(C)C)c1ccccc1. The number of nitrogens with zero attached hydrogens (tertiary/aromatic N) is 1. The van der Waals surface area contributed by atoms with Crippen molar-refractivity contribution in [3.63, 3.8) is 0 Å². The molecule has 0 aromatic heterocycles. The van der Waals surface area contributed by atoms with Gasteiger partial charge in [-0.1, -0.05) is 60.7 Å². The van der Waals surface area contributed by atoms with Crippen molar-refractivity contribution in [3.05, 3.63) is 71.8 Å². The molecule has 146 valence electrons. The number of amides is 1. The van der Waals surface area contributed by atoms with Gasteiger partial charge in [0.15, 0.2) is 0 Å². The standard InChI is InChI=1S/C22H24N2O4/c1-21(2,3)28-20(26)24-18(16-11-7-5-8-12-16)22(15-23,19(25)27-4)17-13-9-6-10-14-17/h5-14,18H,1-4H3,(H,24,26)/t18-,22+/m0/s1. The van der Waals surface area contributed by atoms with Crippen LogP contribution in [0, 0.1) is 11.3 Å². The molecule has 0 radical (unpaired) electrons. The predicted octanol–water partition coefficient (Wildman–Crippen LogP) is 3.89. The first-order valence-electron chi connectivity index (χ1n) is 8.84. The minimum atomic E-state index is -1.80. The van der Waals surface area contributed by atoms with Gasteiger partial charge in [0.25, 0.3) is 0 Å². The molecule has 2 aromatic carbocycles. The Balaban J connectivity index is 2.64. The van der Waals surface area contributed by atoms with E-state index in [0.29, 0.717) is 11.1 Å². The number of alkyl carbamates (subject to hydrolysis) is 1. The second-order valence-corrected chi connectivity index (χ2v) is 7.27. The van der Waals surface area contributed by atoms with Crippen LogP contribution in [0.15, 0.2) is 60.7 Å². The third-order valence-corrected chi connectivity index (χ3v) is 4.14. The Morgan fingerprint density at radius 1 is 1.00 bits per heavy atom. The fourth-order valence-corrected chi connectivity index (χ4v) is 2.95. The summed E-state index contributed by atoms with van der Waals surface area (Å²) >= 11 is 0. The van der Waals surface area contributed by atoms with E-state index in [-0.39, 0.29) is 0 Å². The van der Waals surface area contributed by atoms with Gasteiger partial charge in [-0.15, -0.1) is 0 Å². The van der Waals surface area contributed by atoms with Crippen LogP contribution in [-0.4, -0.2) is 24.8 Å². The lowest BCUT2D eigenvalue weighted by molar-refractivity contribution is -0.146. The Bertz CT molecular complexity index is 854. The number of nitriles is 1. The van der Waals surface area contributed by atoms with Crippen molar-refractivity contribution in [2.45, 2.75) is 37.8 Å². The highest BCUT2D eigenvalue weighted by Crippen LogP contribution is 2.38. The van der Waals surface area contributed by atoms with Crippen molar-refractivity contribution < 1.29 is 19.1 Å². The number of rotatable bonds is 5. The summed E-state index contributed by atoms with van der Waals surface area (Å²) in [6.07, 6.45) is -0.735. The number of carbonyl (C=O) groups excluding carboxylic acids is 2. The fraction of sp³-hybridized carbons (Fsp3) is 0.318. The van der Waals surface area contributed by atoms with Crippen LogP contribution >= 0.6 is 0 Å². The zero-order chi connectivity index (χ0) is 20.8. The second kappa shape index (κ2) is 8.57. The van der Waals surface area contributed by atoms with Crippen molar-refractivity contribution in [3.8, 4) is 6.07 Å². The zero-order valence-corrected chi connectivity index (χ0v) is 16.4. The van der Waals surface area contributed by atoms with E-state index in [0.717, 1.165) is 0 Å². The van der Waals surface area contributed by atoms with Gasteiger partial charge in [-0.05, 0) is 31.9 Å². The smallest absolute Gasteiger partial charge is 0.408 e. The molecule has 1 amide bonds. The van der Waals surface area contributed by atoms with E-state index in [1.54, 1.807) is 75.4 Å². The topological polar surface area (TPSA) is 88.4 Å². The summed E-state index contributed by atoms with van der Waals surface area (Å²) < 4.78 is 10.4. The lowest BCUT2D eigenvalue weighted by Gasteiger charge is -2.34. The summed E-state index contributed by atoms with van der Waals surface area (Å²) in [6.45, 7) is 5.21. The molecule has 0 aliphatic rings. The normalized spacial score (nSPS) is 14.1. The quantitative estimate of drug-likeness (QED) is 0.795. The van der Waals surface area contributed by atoms with E-state index in [4.69, 9.17) is 9.47 Å². The van der Waals surface area contributed by atoms with Gasteiger partial charge in [0, 0.05) is 0 Å². The Labute approximate surface area is 165 Å². The van der Waals surface area contributed by atoms with Crippen molar-refractivity contribution in [1.29, 1.82) is 5.26 Å². The molecule has 2 aromatic rings. The predicted molar refractivity (Wildman–Crippen MR) is 104 cm³/mol. The second-order valence-electron chi connectivity index (χ2n) is 7.27. The molecule has 6 nitrogen and oxygen atoms in total. The molecule has 0 saturated carbocycles. The van der Waals surface area contributed by atoms with Gasteiger partial charge in [-0.25, -0.2) is 9.59 Å². The third kappa shape index (κ3) is 4.49. The molecule has 0 fully saturated rings. The van der Waals surface area contributed by atoms with Crippen LogP contribution in [0.1, 0.15) is 37.9 Å². The van der Waals surface area contributed by atoms with Gasteiger partial charge in [0.05, 0.1) is 19.2 Å². The molecule has 0 aliphatic carbocycles. The van der Waals surface area contributed by atoms with E-state index >= 15 is 0 Å². The van der Waals surface area contributed by atoms with Crippen LogP contribution in [0.25, 0.3) is 0 Å². The Hall–Kier alpha value is -3.33. The van der Waals surface area contributed by atoms with Crippen LogP contribution in [0.3, 0.4) is 0 Å². The minimum Gasteiger partial charge on any atom is -0.468 e. The van der Waals surface area contributed by atoms with E-state index in [9.17, 15) is 14.9 Å². The van der Waals surface area contributed by atoms with Gasteiger partial charge in [0.1, 0.15) is 5.60 Å². The highest BCUT2D eigenvalue weighted by atomic mass is 16.6. The molecule has 1 N–H and O–H groups in total.